The average Bonchev–Trinajstić information content (AvgIpc) is 2.56. The summed E-state index contributed by atoms with van der Waals surface area (Å²) < 4.78 is 55.1. The normalized spacial score (nSPS) is 18.1. The van der Waals surface area contributed by atoms with Gasteiger partial charge in [-0.3, -0.25) is 0 Å². The fourth-order valence-electron chi connectivity index (χ4n) is 2.80. The van der Waals surface area contributed by atoms with E-state index in [0.29, 0.717) is 39.0 Å². The van der Waals surface area contributed by atoms with Crippen LogP contribution in [0.4, 0.5) is 0 Å². The number of nitrogens with zero attached hydrogens (tertiary/aromatic N) is 2. The smallest absolute Gasteiger partial charge is 0.208 e. The Morgan fingerprint density at radius 2 is 1.58 bits per heavy atom. The molecule has 24 heavy (non-hydrogen) atoms. The molecule has 0 saturated carbocycles. The highest BCUT2D eigenvalue weighted by Crippen LogP contribution is 2.19. The van der Waals surface area contributed by atoms with Gasteiger partial charge >= 0.3 is 0 Å². The molecule has 1 aromatic rings. The van der Waals surface area contributed by atoms with Gasteiger partial charge in [-0.25, -0.2) is 13.1 Å². The van der Waals surface area contributed by atoms with Gasteiger partial charge < -0.3 is 0 Å². The van der Waals surface area contributed by atoms with Gasteiger partial charge in [0.25, 0.3) is 10.2 Å². The highest BCUT2D eigenvalue weighted by molar-refractivity contribution is 7.89. The average molecular weight is 376 g/mol. The molecule has 0 radical (unpaired) electrons. The molecule has 1 saturated heterocycles. The van der Waals surface area contributed by atoms with Crippen molar-refractivity contribution in [2.45, 2.75) is 37.6 Å². The standard InChI is InChI=1S/C15H25N3O4S2/c1-3-17(4-2)24(21,22)18-12-10-14(11-13-18)16-23(19,20)15-8-6-5-7-9-15/h5-9,14,16H,3-4,10-13H2,1-2H3. The molecule has 1 aliphatic rings. The number of piperidine rings is 1. The van der Waals surface area contributed by atoms with Gasteiger partial charge in [-0.05, 0) is 25.0 Å². The van der Waals surface area contributed by atoms with Crippen molar-refractivity contribution < 1.29 is 16.8 Å². The second-order valence-electron chi connectivity index (χ2n) is 5.70. The highest BCUT2D eigenvalue weighted by Gasteiger charge is 2.32. The lowest BCUT2D eigenvalue weighted by atomic mass is 10.1. The van der Waals surface area contributed by atoms with Gasteiger partial charge in [0, 0.05) is 32.2 Å². The SMILES string of the molecule is CCN(CC)S(=O)(=O)N1CCC(NS(=O)(=O)c2ccccc2)CC1. The summed E-state index contributed by atoms with van der Waals surface area (Å²) in [6.07, 6.45) is 0.930. The lowest BCUT2D eigenvalue weighted by Crippen LogP contribution is -2.50. The summed E-state index contributed by atoms with van der Waals surface area (Å²) in [7, 11) is -7.02. The van der Waals surface area contributed by atoms with E-state index in [1.54, 1.807) is 30.3 Å². The van der Waals surface area contributed by atoms with Gasteiger partial charge in [-0.15, -0.1) is 0 Å². The van der Waals surface area contributed by atoms with Crippen LogP contribution in [0.3, 0.4) is 0 Å². The molecular formula is C15H25N3O4S2. The maximum atomic E-state index is 12.5. The molecule has 0 aromatic heterocycles. The van der Waals surface area contributed by atoms with Gasteiger partial charge in [0.15, 0.2) is 0 Å². The van der Waals surface area contributed by atoms with Gasteiger partial charge in [-0.1, -0.05) is 32.0 Å². The Balaban J connectivity index is 1.98. The summed E-state index contributed by atoms with van der Waals surface area (Å²) in [5.41, 5.74) is 0. The lowest BCUT2D eigenvalue weighted by Gasteiger charge is -2.34. The zero-order valence-electron chi connectivity index (χ0n) is 14.1. The second kappa shape index (κ2) is 7.92. The van der Waals surface area contributed by atoms with Crippen LogP contribution < -0.4 is 4.72 Å². The van der Waals surface area contributed by atoms with Crippen molar-refractivity contribution in [3.63, 3.8) is 0 Å². The van der Waals surface area contributed by atoms with Crippen molar-refractivity contribution >= 4 is 20.2 Å². The van der Waals surface area contributed by atoms with Crippen LogP contribution in [-0.4, -0.2) is 57.7 Å². The van der Waals surface area contributed by atoms with E-state index in [1.807, 2.05) is 13.8 Å². The number of rotatable bonds is 7. The van der Waals surface area contributed by atoms with Crippen molar-refractivity contribution in [3.05, 3.63) is 30.3 Å². The molecule has 2 rings (SSSR count). The largest absolute Gasteiger partial charge is 0.281 e. The van der Waals surface area contributed by atoms with E-state index in [-0.39, 0.29) is 10.9 Å². The van der Waals surface area contributed by atoms with Crippen LogP contribution in [-0.2, 0) is 20.2 Å². The third kappa shape index (κ3) is 4.34. The van der Waals surface area contributed by atoms with E-state index in [4.69, 9.17) is 0 Å². The van der Waals surface area contributed by atoms with Gasteiger partial charge in [0.1, 0.15) is 0 Å². The Morgan fingerprint density at radius 3 is 2.08 bits per heavy atom. The topological polar surface area (TPSA) is 86.8 Å². The molecule has 0 amide bonds. The van der Waals surface area contributed by atoms with E-state index in [9.17, 15) is 16.8 Å². The molecule has 1 N–H and O–H groups in total. The minimum absolute atomic E-state index is 0.225. The first-order valence-corrected chi connectivity index (χ1v) is 11.0. The molecule has 0 aliphatic carbocycles. The first-order valence-electron chi connectivity index (χ1n) is 8.14. The fraction of sp³-hybridized carbons (Fsp3) is 0.600. The van der Waals surface area contributed by atoms with Crippen molar-refractivity contribution in [2.24, 2.45) is 0 Å². The quantitative estimate of drug-likeness (QED) is 0.771. The highest BCUT2D eigenvalue weighted by atomic mass is 32.2. The van der Waals surface area contributed by atoms with Crippen molar-refractivity contribution in [3.8, 4) is 0 Å². The van der Waals surface area contributed by atoms with Crippen molar-refractivity contribution in [1.82, 2.24) is 13.3 Å². The van der Waals surface area contributed by atoms with Crippen LogP contribution in [0.25, 0.3) is 0 Å². The van der Waals surface area contributed by atoms with Crippen LogP contribution >= 0.6 is 0 Å². The van der Waals surface area contributed by atoms with E-state index in [1.165, 1.54) is 8.61 Å². The number of benzene rings is 1. The Kier molecular flexibility index (Phi) is 6.38. The van der Waals surface area contributed by atoms with Crippen LogP contribution in [0.1, 0.15) is 26.7 Å². The first-order chi connectivity index (χ1) is 11.3. The summed E-state index contributed by atoms with van der Waals surface area (Å²) >= 11 is 0. The first kappa shape index (κ1) is 19.3. The van der Waals surface area contributed by atoms with Crippen molar-refractivity contribution in [2.75, 3.05) is 26.2 Å². The molecule has 1 heterocycles. The molecule has 136 valence electrons. The second-order valence-corrected chi connectivity index (χ2v) is 9.34. The molecule has 0 bridgehead atoms. The van der Waals surface area contributed by atoms with E-state index < -0.39 is 20.2 Å². The molecule has 1 fully saturated rings. The minimum Gasteiger partial charge on any atom is -0.208 e. The molecule has 0 spiro atoms. The van der Waals surface area contributed by atoms with Gasteiger partial charge in [0.05, 0.1) is 4.90 Å². The third-order valence-corrected chi connectivity index (χ3v) is 7.91. The maximum absolute atomic E-state index is 12.5. The summed E-state index contributed by atoms with van der Waals surface area (Å²) in [6.45, 7) is 5.12. The molecule has 0 atom stereocenters. The summed E-state index contributed by atoms with van der Waals surface area (Å²) in [5.74, 6) is 0. The third-order valence-electron chi connectivity index (χ3n) is 4.19. The fourth-order valence-corrected chi connectivity index (χ4v) is 5.78. The zero-order valence-corrected chi connectivity index (χ0v) is 15.7. The number of hydrogen-bond donors (Lipinski definition) is 1. The Morgan fingerprint density at radius 1 is 1.04 bits per heavy atom. The van der Waals surface area contributed by atoms with Crippen LogP contribution in [0.15, 0.2) is 35.2 Å². The number of hydrogen-bond acceptors (Lipinski definition) is 4. The van der Waals surface area contributed by atoms with Crippen LogP contribution in [0.2, 0.25) is 0 Å². The van der Waals surface area contributed by atoms with Gasteiger partial charge in [-0.2, -0.15) is 17.0 Å². The number of nitrogens with one attached hydrogen (secondary N) is 1. The lowest BCUT2D eigenvalue weighted by molar-refractivity contribution is 0.284. The number of sulfonamides is 1. The predicted molar refractivity (Wildman–Crippen MR) is 93.2 cm³/mol. The Bertz CT molecular complexity index is 723. The maximum Gasteiger partial charge on any atom is 0.281 e. The monoisotopic (exact) mass is 375 g/mol. The van der Waals surface area contributed by atoms with Gasteiger partial charge in [0.2, 0.25) is 10.0 Å². The summed E-state index contributed by atoms with van der Waals surface area (Å²) in [6, 6.07) is 7.94. The predicted octanol–water partition coefficient (Wildman–Crippen LogP) is 1.02. The van der Waals surface area contributed by atoms with Crippen LogP contribution in [0, 0.1) is 0 Å². The molecule has 0 unspecified atom stereocenters. The van der Waals surface area contributed by atoms with E-state index in [2.05, 4.69) is 4.72 Å². The zero-order chi connectivity index (χ0) is 17.8. The van der Waals surface area contributed by atoms with Crippen LogP contribution in [0.5, 0.6) is 0 Å². The molecule has 9 heteroatoms. The molecule has 1 aliphatic heterocycles. The van der Waals surface area contributed by atoms with E-state index >= 15 is 0 Å². The molecule has 1 aromatic carbocycles. The van der Waals surface area contributed by atoms with E-state index in [0.717, 1.165) is 0 Å². The summed E-state index contributed by atoms with van der Waals surface area (Å²) in [5, 5.41) is 0. The molecular weight excluding hydrogens is 350 g/mol. The molecule has 7 nitrogen and oxygen atoms in total. The minimum atomic E-state index is -3.57. The Labute approximate surface area is 144 Å². The summed E-state index contributed by atoms with van der Waals surface area (Å²) in [4.78, 5) is 0.225. The Hall–Kier alpha value is -1.00. The van der Waals surface area contributed by atoms with Crippen molar-refractivity contribution in [1.29, 1.82) is 0 Å².